The number of hydrogen-bond donors (Lipinski definition) is 0. The first kappa shape index (κ1) is 16.6. The Hall–Kier alpha value is -0.610. The van der Waals surface area contributed by atoms with Crippen LogP contribution in [-0.2, 0) is 14.3 Å². The highest BCUT2D eigenvalue weighted by Gasteiger charge is 2.77. The molecular formula is C21H34NO3+. The van der Waals surface area contributed by atoms with E-state index in [1.807, 2.05) is 0 Å². The molecule has 5 rings (SSSR count). The fraction of sp³-hybridized carbons (Fsp3) is 0.952. The molecule has 2 aliphatic carbocycles. The Balaban J connectivity index is 1.47. The molecule has 2 saturated carbocycles. The van der Waals surface area contributed by atoms with E-state index in [0.29, 0.717) is 17.8 Å². The molecule has 3 unspecified atom stereocenters. The van der Waals surface area contributed by atoms with Crippen molar-refractivity contribution < 1.29 is 18.8 Å². The van der Waals surface area contributed by atoms with Gasteiger partial charge in [-0.05, 0) is 57.8 Å². The van der Waals surface area contributed by atoms with Crippen molar-refractivity contribution in [1.29, 1.82) is 0 Å². The fourth-order valence-corrected chi connectivity index (χ4v) is 7.19. The number of nitrogens with zero attached hydrogens (tertiary/aromatic N) is 1. The van der Waals surface area contributed by atoms with Crippen LogP contribution in [0.2, 0.25) is 0 Å². The minimum atomic E-state index is -0.304. The van der Waals surface area contributed by atoms with Crippen molar-refractivity contribution in [2.75, 3.05) is 26.7 Å². The zero-order chi connectivity index (χ0) is 17.4. The van der Waals surface area contributed by atoms with Gasteiger partial charge < -0.3 is 14.0 Å². The molecule has 140 valence electrons. The van der Waals surface area contributed by atoms with Gasteiger partial charge in [-0.15, -0.1) is 0 Å². The molecule has 5 fully saturated rings. The minimum absolute atomic E-state index is 0.0232. The van der Waals surface area contributed by atoms with Crippen molar-refractivity contribution in [3.8, 4) is 0 Å². The van der Waals surface area contributed by atoms with Gasteiger partial charge in [0.1, 0.15) is 17.6 Å². The van der Waals surface area contributed by atoms with Crippen LogP contribution < -0.4 is 0 Å². The van der Waals surface area contributed by atoms with Crippen LogP contribution >= 0.6 is 0 Å². The molecule has 4 nitrogen and oxygen atoms in total. The first-order valence-corrected chi connectivity index (χ1v) is 10.6. The van der Waals surface area contributed by atoms with Crippen molar-refractivity contribution >= 4 is 5.97 Å². The maximum absolute atomic E-state index is 13.1. The van der Waals surface area contributed by atoms with E-state index in [1.54, 1.807) is 0 Å². The van der Waals surface area contributed by atoms with Crippen LogP contribution in [0.1, 0.15) is 58.8 Å². The van der Waals surface area contributed by atoms with E-state index >= 15 is 0 Å². The second kappa shape index (κ2) is 5.22. The fourth-order valence-electron chi connectivity index (χ4n) is 7.19. The number of carbonyl (C=O) groups is 1. The summed E-state index contributed by atoms with van der Waals surface area (Å²) in [6.45, 7) is 8.03. The molecule has 0 N–H and O–H groups in total. The Morgan fingerprint density at radius 3 is 2.64 bits per heavy atom. The Bertz CT molecular complexity index is 586. The molecule has 3 saturated heterocycles. The van der Waals surface area contributed by atoms with Crippen LogP contribution in [0.15, 0.2) is 0 Å². The first-order valence-electron chi connectivity index (χ1n) is 10.6. The average molecular weight is 349 g/mol. The monoisotopic (exact) mass is 348 g/mol. The molecule has 0 amide bonds. The lowest BCUT2D eigenvalue weighted by Gasteiger charge is -2.50. The summed E-state index contributed by atoms with van der Waals surface area (Å²) in [5.74, 6) is 1.72. The Morgan fingerprint density at radius 1 is 1.12 bits per heavy atom. The summed E-state index contributed by atoms with van der Waals surface area (Å²) < 4.78 is 13.7. The molecule has 3 heterocycles. The minimum Gasteiger partial charge on any atom is -0.455 e. The highest BCUT2D eigenvalue weighted by molar-refractivity contribution is 5.77. The van der Waals surface area contributed by atoms with Gasteiger partial charge in [0.2, 0.25) is 0 Å². The molecule has 0 radical (unpaired) electrons. The summed E-state index contributed by atoms with van der Waals surface area (Å²) in [5.41, 5.74) is -0.327. The highest BCUT2D eigenvalue weighted by Crippen LogP contribution is 2.66. The Kier molecular flexibility index (Phi) is 3.46. The molecule has 1 spiro atoms. The van der Waals surface area contributed by atoms with E-state index in [1.165, 1.54) is 38.8 Å². The predicted octanol–water partition coefficient (Wildman–Crippen LogP) is 3.14. The SMILES string of the molecule is C[C@@H]1CCC2C(C[N+]3(C)CCCCC3)C(=O)O[C@]23C1CC[C@@]1(C)O[C@@H]31. The van der Waals surface area contributed by atoms with Crippen LogP contribution in [0.25, 0.3) is 0 Å². The number of rotatable bonds is 2. The number of carbonyl (C=O) groups excluding carboxylic acids is 1. The van der Waals surface area contributed by atoms with Gasteiger partial charge in [0, 0.05) is 11.8 Å². The first-order chi connectivity index (χ1) is 11.9. The normalized spacial score (nSPS) is 53.4. The third-order valence-corrected chi connectivity index (χ3v) is 8.62. The van der Waals surface area contributed by atoms with E-state index in [-0.39, 0.29) is 29.2 Å². The van der Waals surface area contributed by atoms with E-state index in [4.69, 9.17) is 9.47 Å². The summed E-state index contributed by atoms with van der Waals surface area (Å²) in [7, 11) is 2.36. The number of quaternary nitrogens is 1. The number of likely N-dealkylation sites (tertiary alicyclic amines) is 1. The molecule has 4 heteroatoms. The lowest BCUT2D eigenvalue weighted by molar-refractivity contribution is -0.916. The summed E-state index contributed by atoms with van der Waals surface area (Å²) in [4.78, 5) is 13.1. The lowest BCUT2D eigenvalue weighted by Crippen LogP contribution is -2.59. The van der Waals surface area contributed by atoms with E-state index in [2.05, 4.69) is 20.9 Å². The van der Waals surface area contributed by atoms with Gasteiger partial charge in [-0.25, -0.2) is 0 Å². The molecule has 0 bridgehead atoms. The standard InChI is InChI=1S/C21H34NO3/c1-14-7-8-17-15(13-22(3)11-5-4-6-12-22)18(23)24-21(17)16(14)9-10-20(2)19(21)25-20/h14-17,19H,4-13H2,1-3H3/q+1/t14-,15?,16?,17?,19-,20-,21-/m1/s1. The molecule has 0 aromatic heterocycles. The van der Waals surface area contributed by atoms with Gasteiger partial charge in [-0.1, -0.05) is 6.92 Å². The van der Waals surface area contributed by atoms with Gasteiger partial charge in [0.15, 0.2) is 0 Å². The number of ether oxygens (including phenoxy) is 2. The van der Waals surface area contributed by atoms with Crippen LogP contribution in [0.5, 0.6) is 0 Å². The molecule has 3 aliphatic heterocycles. The second-order valence-corrected chi connectivity index (χ2v) is 10.3. The summed E-state index contributed by atoms with van der Waals surface area (Å²) in [6, 6.07) is 0. The van der Waals surface area contributed by atoms with Crippen LogP contribution in [0.4, 0.5) is 0 Å². The van der Waals surface area contributed by atoms with Crippen molar-refractivity contribution in [2.24, 2.45) is 23.7 Å². The largest absolute Gasteiger partial charge is 0.455 e. The molecule has 0 aromatic rings. The van der Waals surface area contributed by atoms with Crippen LogP contribution in [0.3, 0.4) is 0 Å². The number of esters is 1. The maximum atomic E-state index is 13.1. The van der Waals surface area contributed by atoms with Gasteiger partial charge in [0.05, 0.1) is 32.3 Å². The predicted molar refractivity (Wildman–Crippen MR) is 94.8 cm³/mol. The van der Waals surface area contributed by atoms with Crippen molar-refractivity contribution in [1.82, 2.24) is 0 Å². The second-order valence-electron chi connectivity index (χ2n) is 10.3. The van der Waals surface area contributed by atoms with E-state index < -0.39 is 0 Å². The van der Waals surface area contributed by atoms with E-state index in [9.17, 15) is 4.79 Å². The summed E-state index contributed by atoms with van der Waals surface area (Å²) in [5, 5.41) is 0. The van der Waals surface area contributed by atoms with E-state index in [0.717, 1.165) is 30.3 Å². The number of epoxide rings is 1. The molecule has 0 aromatic carbocycles. The lowest BCUT2D eigenvalue weighted by atomic mass is 9.55. The Morgan fingerprint density at radius 2 is 1.88 bits per heavy atom. The number of piperidine rings is 1. The number of hydrogen-bond acceptors (Lipinski definition) is 3. The number of fused-ring (bicyclic) bond motifs is 1. The van der Waals surface area contributed by atoms with Gasteiger partial charge in [-0.2, -0.15) is 0 Å². The van der Waals surface area contributed by atoms with Crippen molar-refractivity contribution in [3.63, 3.8) is 0 Å². The smallest absolute Gasteiger partial charge is 0.315 e. The molecule has 25 heavy (non-hydrogen) atoms. The Labute approximate surface area is 151 Å². The zero-order valence-electron chi connectivity index (χ0n) is 16.1. The van der Waals surface area contributed by atoms with Crippen molar-refractivity contribution in [2.45, 2.75) is 76.1 Å². The van der Waals surface area contributed by atoms with Crippen LogP contribution in [0, 0.1) is 23.7 Å². The summed E-state index contributed by atoms with van der Waals surface area (Å²) in [6.07, 6.45) is 8.81. The third-order valence-electron chi connectivity index (χ3n) is 8.62. The molecular weight excluding hydrogens is 314 g/mol. The molecule has 7 atom stereocenters. The van der Waals surface area contributed by atoms with Gasteiger partial charge in [0.25, 0.3) is 0 Å². The van der Waals surface area contributed by atoms with Crippen LogP contribution in [-0.4, -0.2) is 54.4 Å². The quantitative estimate of drug-likeness (QED) is 0.437. The topological polar surface area (TPSA) is 38.8 Å². The zero-order valence-corrected chi connectivity index (χ0v) is 16.1. The van der Waals surface area contributed by atoms with Gasteiger partial charge in [-0.3, -0.25) is 4.79 Å². The van der Waals surface area contributed by atoms with Gasteiger partial charge >= 0.3 is 5.97 Å². The summed E-state index contributed by atoms with van der Waals surface area (Å²) >= 11 is 0. The molecule has 5 aliphatic rings. The van der Waals surface area contributed by atoms with Crippen molar-refractivity contribution in [3.05, 3.63) is 0 Å². The highest BCUT2D eigenvalue weighted by atomic mass is 16.7. The third kappa shape index (κ3) is 2.22. The maximum Gasteiger partial charge on any atom is 0.315 e. The average Bonchev–Trinajstić information content (AvgIpc) is 3.20.